The Morgan fingerprint density at radius 1 is 1.08 bits per heavy atom. The van der Waals surface area contributed by atoms with Gasteiger partial charge in [0.2, 0.25) is 5.91 Å². The maximum atomic E-state index is 12.4. The molecule has 0 aromatic heterocycles. The van der Waals surface area contributed by atoms with E-state index in [-0.39, 0.29) is 17.6 Å². The zero-order chi connectivity index (χ0) is 18.4. The summed E-state index contributed by atoms with van der Waals surface area (Å²) in [5, 5.41) is 2.63. The van der Waals surface area contributed by atoms with Crippen molar-refractivity contribution in [1.82, 2.24) is 4.90 Å². The third kappa shape index (κ3) is 5.56. The number of anilines is 1. The molecule has 25 heavy (non-hydrogen) atoms. The molecular formula is C18H18F2N2O3. The molecule has 2 amide bonds. The molecule has 0 atom stereocenters. The predicted molar refractivity (Wildman–Crippen MR) is 89.6 cm³/mol. The number of benzene rings is 2. The first-order valence-electron chi connectivity index (χ1n) is 7.52. The van der Waals surface area contributed by atoms with Crippen LogP contribution in [0, 0.1) is 0 Å². The number of hydrogen-bond donors (Lipinski definition) is 1. The predicted octanol–water partition coefficient (Wildman–Crippen LogP) is 3.52. The molecule has 0 unspecified atom stereocenters. The minimum Gasteiger partial charge on any atom is -0.435 e. The number of carbonyl (C=O) groups excluding carboxylic acids is 2. The van der Waals surface area contributed by atoms with Crippen molar-refractivity contribution in [2.75, 3.05) is 12.4 Å². The van der Waals surface area contributed by atoms with Gasteiger partial charge in [-0.1, -0.05) is 12.1 Å². The van der Waals surface area contributed by atoms with Crippen LogP contribution in [0.1, 0.15) is 22.8 Å². The van der Waals surface area contributed by atoms with Crippen LogP contribution in [0.5, 0.6) is 5.75 Å². The number of ether oxygens (including phenoxy) is 1. The van der Waals surface area contributed by atoms with Gasteiger partial charge < -0.3 is 15.0 Å². The van der Waals surface area contributed by atoms with E-state index in [1.165, 1.54) is 24.0 Å². The largest absolute Gasteiger partial charge is 0.435 e. The highest BCUT2D eigenvalue weighted by atomic mass is 19.3. The maximum absolute atomic E-state index is 12.4. The summed E-state index contributed by atoms with van der Waals surface area (Å²) >= 11 is 0. The fourth-order valence-electron chi connectivity index (χ4n) is 2.24. The van der Waals surface area contributed by atoms with E-state index in [1.54, 1.807) is 43.4 Å². The summed E-state index contributed by atoms with van der Waals surface area (Å²) < 4.78 is 28.5. The quantitative estimate of drug-likeness (QED) is 0.869. The van der Waals surface area contributed by atoms with Crippen LogP contribution in [0.2, 0.25) is 0 Å². The van der Waals surface area contributed by atoms with Crippen molar-refractivity contribution in [2.45, 2.75) is 20.1 Å². The van der Waals surface area contributed by atoms with Crippen LogP contribution in [0.3, 0.4) is 0 Å². The van der Waals surface area contributed by atoms with Gasteiger partial charge in [0.25, 0.3) is 5.91 Å². The third-order valence-corrected chi connectivity index (χ3v) is 3.37. The third-order valence-electron chi connectivity index (χ3n) is 3.37. The average molecular weight is 348 g/mol. The van der Waals surface area contributed by atoms with Crippen LogP contribution in [0.15, 0.2) is 48.5 Å². The van der Waals surface area contributed by atoms with Gasteiger partial charge in [0.05, 0.1) is 0 Å². The molecule has 0 bridgehead atoms. The average Bonchev–Trinajstić information content (AvgIpc) is 2.55. The molecule has 2 aromatic carbocycles. The van der Waals surface area contributed by atoms with E-state index in [4.69, 9.17) is 0 Å². The van der Waals surface area contributed by atoms with Gasteiger partial charge in [0.15, 0.2) is 0 Å². The van der Waals surface area contributed by atoms with Crippen LogP contribution >= 0.6 is 0 Å². The Kier molecular flexibility index (Phi) is 6.05. The Morgan fingerprint density at radius 3 is 2.20 bits per heavy atom. The highest BCUT2D eigenvalue weighted by Crippen LogP contribution is 2.17. The number of amides is 2. The van der Waals surface area contributed by atoms with Gasteiger partial charge in [-0.15, -0.1) is 0 Å². The van der Waals surface area contributed by atoms with E-state index >= 15 is 0 Å². The smallest absolute Gasteiger partial charge is 0.387 e. The van der Waals surface area contributed by atoms with Crippen LogP contribution < -0.4 is 10.1 Å². The zero-order valence-electron chi connectivity index (χ0n) is 13.8. The molecular weight excluding hydrogens is 330 g/mol. The second-order valence-electron chi connectivity index (χ2n) is 5.44. The lowest BCUT2D eigenvalue weighted by atomic mass is 10.1. The summed E-state index contributed by atoms with van der Waals surface area (Å²) in [6.07, 6.45) is 0. The topological polar surface area (TPSA) is 58.6 Å². The van der Waals surface area contributed by atoms with Crippen molar-refractivity contribution < 1.29 is 23.1 Å². The molecule has 2 rings (SSSR count). The van der Waals surface area contributed by atoms with Crippen molar-refractivity contribution in [2.24, 2.45) is 0 Å². The molecule has 5 nitrogen and oxygen atoms in total. The molecule has 0 heterocycles. The van der Waals surface area contributed by atoms with E-state index in [2.05, 4.69) is 10.1 Å². The van der Waals surface area contributed by atoms with Crippen molar-refractivity contribution >= 4 is 17.5 Å². The molecule has 7 heteroatoms. The van der Waals surface area contributed by atoms with Crippen LogP contribution in [0.25, 0.3) is 0 Å². The highest BCUT2D eigenvalue weighted by Gasteiger charge is 2.12. The number of halogens is 2. The van der Waals surface area contributed by atoms with Crippen LogP contribution in [0.4, 0.5) is 14.5 Å². The van der Waals surface area contributed by atoms with Crippen LogP contribution in [-0.4, -0.2) is 30.4 Å². The fraction of sp³-hybridized carbons (Fsp3) is 0.222. The molecule has 0 saturated carbocycles. The standard InChI is InChI=1S/C18H18F2N2O3/c1-12(23)21-15-7-5-14(6-8-15)17(24)22(2)11-13-3-9-16(10-4-13)25-18(19)20/h3-10,18H,11H2,1-2H3,(H,21,23). The molecule has 0 aliphatic heterocycles. The first kappa shape index (κ1) is 18.4. The maximum Gasteiger partial charge on any atom is 0.387 e. The molecule has 0 radical (unpaired) electrons. The number of alkyl halides is 2. The molecule has 132 valence electrons. The summed E-state index contributed by atoms with van der Waals surface area (Å²) in [7, 11) is 1.65. The second-order valence-corrected chi connectivity index (χ2v) is 5.44. The van der Waals surface area contributed by atoms with Gasteiger partial charge in [0, 0.05) is 31.8 Å². The molecule has 1 N–H and O–H groups in total. The fourth-order valence-corrected chi connectivity index (χ4v) is 2.24. The Bertz CT molecular complexity index is 731. The lowest BCUT2D eigenvalue weighted by Crippen LogP contribution is -2.26. The van der Waals surface area contributed by atoms with Gasteiger partial charge in [-0.2, -0.15) is 8.78 Å². The van der Waals surface area contributed by atoms with Gasteiger partial charge in [-0.25, -0.2) is 0 Å². The number of hydrogen-bond acceptors (Lipinski definition) is 3. The van der Waals surface area contributed by atoms with Gasteiger partial charge >= 0.3 is 6.61 Å². The van der Waals surface area contributed by atoms with E-state index in [0.29, 0.717) is 17.8 Å². The van der Waals surface area contributed by atoms with Gasteiger partial charge in [0.1, 0.15) is 5.75 Å². The highest BCUT2D eigenvalue weighted by molar-refractivity contribution is 5.95. The van der Waals surface area contributed by atoms with Gasteiger partial charge in [-0.05, 0) is 42.0 Å². The molecule has 2 aromatic rings. The second kappa shape index (κ2) is 8.23. The molecule has 0 saturated heterocycles. The van der Waals surface area contributed by atoms with Crippen molar-refractivity contribution in [3.63, 3.8) is 0 Å². The van der Waals surface area contributed by atoms with E-state index in [9.17, 15) is 18.4 Å². The van der Waals surface area contributed by atoms with E-state index < -0.39 is 6.61 Å². The van der Waals surface area contributed by atoms with Crippen molar-refractivity contribution in [1.29, 1.82) is 0 Å². The molecule has 0 aliphatic carbocycles. The molecule has 0 aliphatic rings. The normalized spacial score (nSPS) is 10.4. The first-order valence-corrected chi connectivity index (χ1v) is 7.52. The minimum atomic E-state index is -2.87. The van der Waals surface area contributed by atoms with E-state index in [1.807, 2.05) is 0 Å². The lowest BCUT2D eigenvalue weighted by molar-refractivity contribution is -0.114. The summed E-state index contributed by atoms with van der Waals surface area (Å²) in [5.41, 5.74) is 1.88. The number of nitrogens with one attached hydrogen (secondary N) is 1. The van der Waals surface area contributed by atoms with Gasteiger partial charge in [-0.3, -0.25) is 9.59 Å². The van der Waals surface area contributed by atoms with Crippen molar-refractivity contribution in [3.8, 4) is 5.75 Å². The molecule has 0 spiro atoms. The molecule has 0 fully saturated rings. The summed E-state index contributed by atoms with van der Waals surface area (Å²) in [6.45, 7) is -1.14. The number of carbonyl (C=O) groups is 2. The summed E-state index contributed by atoms with van der Waals surface area (Å²) in [5.74, 6) is -0.306. The number of rotatable bonds is 6. The first-order chi connectivity index (χ1) is 11.8. The Morgan fingerprint density at radius 2 is 1.68 bits per heavy atom. The zero-order valence-corrected chi connectivity index (χ0v) is 13.8. The lowest BCUT2D eigenvalue weighted by Gasteiger charge is -2.18. The summed E-state index contributed by atoms with van der Waals surface area (Å²) in [4.78, 5) is 24.9. The minimum absolute atomic E-state index is 0.0706. The SMILES string of the molecule is CC(=O)Nc1ccc(C(=O)N(C)Cc2ccc(OC(F)F)cc2)cc1. The Labute approximate surface area is 144 Å². The van der Waals surface area contributed by atoms with Crippen molar-refractivity contribution in [3.05, 3.63) is 59.7 Å². The Balaban J connectivity index is 1.98. The van der Waals surface area contributed by atoms with Crippen LogP contribution in [-0.2, 0) is 11.3 Å². The number of nitrogens with zero attached hydrogens (tertiary/aromatic N) is 1. The Hall–Kier alpha value is -2.96. The van der Waals surface area contributed by atoms with E-state index in [0.717, 1.165) is 5.56 Å². The summed E-state index contributed by atoms with van der Waals surface area (Å²) in [6, 6.07) is 12.7. The monoisotopic (exact) mass is 348 g/mol.